The zero-order valence-corrected chi connectivity index (χ0v) is 10.7. The highest BCUT2D eigenvalue weighted by Crippen LogP contribution is 2.25. The summed E-state index contributed by atoms with van der Waals surface area (Å²) in [7, 11) is -2.08. The second kappa shape index (κ2) is 4.90. The van der Waals surface area contributed by atoms with Crippen LogP contribution in [0.4, 0.5) is 13.2 Å². The van der Waals surface area contributed by atoms with Gasteiger partial charge in [-0.05, 0) is 25.7 Å². The predicted octanol–water partition coefficient (Wildman–Crippen LogP) is 3.52. The van der Waals surface area contributed by atoms with Crippen molar-refractivity contribution >= 4 is 8.32 Å². The third kappa shape index (κ3) is 3.58. The molecule has 0 saturated carbocycles. The highest BCUT2D eigenvalue weighted by atomic mass is 28.4. The number of hydrogen-bond donors (Lipinski definition) is 0. The van der Waals surface area contributed by atoms with Crippen molar-refractivity contribution in [3.8, 4) is 6.07 Å². The van der Waals surface area contributed by atoms with Crippen molar-refractivity contribution in [1.82, 2.24) is 0 Å². The van der Waals surface area contributed by atoms with Crippen molar-refractivity contribution in [2.24, 2.45) is 0 Å². The fourth-order valence-corrected chi connectivity index (χ4v) is 2.14. The Morgan fingerprint density at radius 3 is 2.12 bits per heavy atom. The quantitative estimate of drug-likeness (QED) is 0.614. The van der Waals surface area contributed by atoms with Gasteiger partial charge < -0.3 is 4.43 Å². The molecule has 1 atom stereocenters. The summed E-state index contributed by atoms with van der Waals surface area (Å²) in [6, 6.07) is 2.83. The van der Waals surface area contributed by atoms with Crippen molar-refractivity contribution in [1.29, 1.82) is 5.26 Å². The van der Waals surface area contributed by atoms with Crippen molar-refractivity contribution in [3.63, 3.8) is 0 Å². The molecular weight excluding hydrogens is 247 g/mol. The van der Waals surface area contributed by atoms with Gasteiger partial charge in [-0.2, -0.15) is 5.26 Å². The van der Waals surface area contributed by atoms with E-state index in [-0.39, 0.29) is 5.56 Å². The van der Waals surface area contributed by atoms with Gasteiger partial charge in [0.15, 0.2) is 26.1 Å². The molecule has 0 N–H and O–H groups in total. The molecule has 0 spiro atoms. The first-order valence-electron chi connectivity index (χ1n) is 4.96. The minimum Gasteiger partial charge on any atom is -0.399 e. The van der Waals surface area contributed by atoms with Gasteiger partial charge in [0.1, 0.15) is 5.82 Å². The lowest BCUT2D eigenvalue weighted by Crippen LogP contribution is -2.28. The van der Waals surface area contributed by atoms with Crippen molar-refractivity contribution in [2.45, 2.75) is 25.7 Å². The van der Waals surface area contributed by atoms with Crippen LogP contribution in [0.1, 0.15) is 11.7 Å². The van der Waals surface area contributed by atoms with Crippen LogP contribution in [0.2, 0.25) is 19.6 Å². The van der Waals surface area contributed by atoms with Crippen LogP contribution in [0, 0.1) is 28.8 Å². The molecule has 0 aromatic heterocycles. The first kappa shape index (κ1) is 13.7. The average Bonchev–Trinajstić information content (AvgIpc) is 2.19. The number of benzene rings is 1. The van der Waals surface area contributed by atoms with Crippen LogP contribution >= 0.6 is 0 Å². The van der Waals surface area contributed by atoms with Gasteiger partial charge in [0.25, 0.3) is 0 Å². The van der Waals surface area contributed by atoms with Crippen molar-refractivity contribution in [2.75, 3.05) is 0 Å². The third-order valence-corrected chi connectivity index (χ3v) is 2.85. The molecule has 0 aliphatic carbocycles. The molecule has 0 heterocycles. The van der Waals surface area contributed by atoms with E-state index < -0.39 is 31.9 Å². The molecule has 0 fully saturated rings. The van der Waals surface area contributed by atoms with Gasteiger partial charge in [-0.1, -0.05) is 0 Å². The molecule has 0 saturated heterocycles. The third-order valence-electron chi connectivity index (χ3n) is 1.91. The molecule has 1 aromatic carbocycles. The van der Waals surface area contributed by atoms with E-state index in [9.17, 15) is 13.2 Å². The molecule has 92 valence electrons. The summed E-state index contributed by atoms with van der Waals surface area (Å²) < 4.78 is 44.5. The lowest BCUT2D eigenvalue weighted by Gasteiger charge is -2.22. The van der Waals surface area contributed by atoms with E-state index in [1.807, 2.05) is 19.6 Å². The minimum atomic E-state index is -2.08. The van der Waals surface area contributed by atoms with Crippen molar-refractivity contribution in [3.05, 3.63) is 35.1 Å². The van der Waals surface area contributed by atoms with Gasteiger partial charge in [-0.15, -0.1) is 0 Å². The molecule has 0 bridgehead atoms. The second-order valence-electron chi connectivity index (χ2n) is 4.53. The van der Waals surface area contributed by atoms with E-state index >= 15 is 0 Å². The number of halogens is 3. The summed E-state index contributed by atoms with van der Waals surface area (Å²) in [6.45, 7) is 5.44. The molecule has 1 unspecified atom stereocenters. The van der Waals surface area contributed by atoms with Gasteiger partial charge in [0, 0.05) is 11.6 Å². The smallest absolute Gasteiger partial charge is 0.186 e. The van der Waals surface area contributed by atoms with Crippen molar-refractivity contribution < 1.29 is 17.6 Å². The maximum atomic E-state index is 13.4. The molecule has 0 aliphatic heterocycles. The molecule has 1 aromatic rings. The Bertz CT molecular complexity index is 465. The summed E-state index contributed by atoms with van der Waals surface area (Å²) in [5, 5.41) is 8.89. The summed E-state index contributed by atoms with van der Waals surface area (Å²) in [4.78, 5) is 0. The first-order chi connectivity index (χ1) is 7.74. The standard InChI is InChI=1S/C11H12F3NOSi/c1-17(2,3)16-11(6-15)7-4-9(13)10(14)5-8(7)12/h4-5,11H,1-3H3. The summed E-state index contributed by atoms with van der Waals surface area (Å²) in [5.41, 5.74) is -0.270. The normalized spacial score (nSPS) is 13.2. The molecule has 1 rings (SSSR count). The predicted molar refractivity (Wildman–Crippen MR) is 59.1 cm³/mol. The van der Waals surface area contributed by atoms with Gasteiger partial charge in [-0.3, -0.25) is 0 Å². The van der Waals surface area contributed by atoms with Crippen LogP contribution < -0.4 is 0 Å². The van der Waals surface area contributed by atoms with Gasteiger partial charge >= 0.3 is 0 Å². The average molecular weight is 259 g/mol. The number of hydrogen-bond acceptors (Lipinski definition) is 2. The van der Waals surface area contributed by atoms with E-state index in [0.717, 1.165) is 0 Å². The summed E-state index contributed by atoms with van der Waals surface area (Å²) in [5.74, 6) is -3.45. The lowest BCUT2D eigenvalue weighted by atomic mass is 10.1. The second-order valence-corrected chi connectivity index (χ2v) is 8.99. The lowest BCUT2D eigenvalue weighted by molar-refractivity contribution is 0.248. The Hall–Kier alpha value is -1.32. The van der Waals surface area contributed by atoms with E-state index in [1.54, 1.807) is 6.07 Å². The summed E-state index contributed by atoms with van der Waals surface area (Å²) in [6.07, 6.45) is -1.21. The zero-order chi connectivity index (χ0) is 13.2. The fraction of sp³-hybridized carbons (Fsp3) is 0.364. The van der Waals surface area contributed by atoms with Crippen LogP contribution in [0.3, 0.4) is 0 Å². The van der Waals surface area contributed by atoms with E-state index in [2.05, 4.69) is 0 Å². The molecular formula is C11H12F3NOSi. The highest BCUT2D eigenvalue weighted by molar-refractivity contribution is 6.69. The number of nitrogens with zero attached hydrogens (tertiary/aromatic N) is 1. The maximum Gasteiger partial charge on any atom is 0.186 e. The van der Waals surface area contributed by atoms with Crippen LogP contribution in [-0.2, 0) is 4.43 Å². The SMILES string of the molecule is C[Si](C)(C)OC(C#N)c1cc(F)c(F)cc1F. The van der Waals surface area contributed by atoms with Crippen LogP contribution in [-0.4, -0.2) is 8.32 Å². The van der Waals surface area contributed by atoms with E-state index in [4.69, 9.17) is 9.69 Å². The molecule has 2 nitrogen and oxygen atoms in total. The van der Waals surface area contributed by atoms with Crippen LogP contribution in [0.25, 0.3) is 0 Å². The molecule has 6 heteroatoms. The topological polar surface area (TPSA) is 33.0 Å². The first-order valence-corrected chi connectivity index (χ1v) is 8.37. The number of rotatable bonds is 3. The largest absolute Gasteiger partial charge is 0.399 e. The maximum absolute atomic E-state index is 13.4. The fourth-order valence-electron chi connectivity index (χ4n) is 1.25. The van der Waals surface area contributed by atoms with E-state index in [1.165, 1.54) is 0 Å². The van der Waals surface area contributed by atoms with Crippen LogP contribution in [0.5, 0.6) is 0 Å². The highest BCUT2D eigenvalue weighted by Gasteiger charge is 2.25. The molecule has 0 radical (unpaired) electrons. The monoisotopic (exact) mass is 259 g/mol. The Morgan fingerprint density at radius 2 is 1.65 bits per heavy atom. The number of nitriles is 1. The molecule has 17 heavy (non-hydrogen) atoms. The van der Waals surface area contributed by atoms with Crippen LogP contribution in [0.15, 0.2) is 12.1 Å². The summed E-state index contributed by atoms with van der Waals surface area (Å²) >= 11 is 0. The zero-order valence-electron chi connectivity index (χ0n) is 9.72. The Balaban J connectivity index is 3.14. The van der Waals surface area contributed by atoms with Gasteiger partial charge in [-0.25, -0.2) is 13.2 Å². The Kier molecular flexibility index (Phi) is 3.96. The van der Waals surface area contributed by atoms with Gasteiger partial charge in [0.05, 0.1) is 6.07 Å². The Labute approximate surface area is 98.8 Å². The molecule has 0 aliphatic rings. The minimum absolute atomic E-state index is 0.270. The van der Waals surface area contributed by atoms with Gasteiger partial charge in [0.2, 0.25) is 0 Å². The Morgan fingerprint density at radius 1 is 1.12 bits per heavy atom. The van der Waals surface area contributed by atoms with E-state index in [0.29, 0.717) is 12.1 Å². The molecule has 0 amide bonds.